The van der Waals surface area contributed by atoms with Crippen LogP contribution in [0.15, 0.2) is 30.3 Å². The Bertz CT molecular complexity index is 546. The van der Waals surface area contributed by atoms with E-state index in [-0.39, 0.29) is 17.7 Å². The minimum Gasteiger partial charge on any atom is -0.332 e. The standard InChI is InChI=1S/C18H27N3O2/c1-4-13(2)16(19)18(23)20(3)15-11-8-12-21(17(15)22)14-9-6-5-7-10-14/h5-7,9-10,13,15-16H,4,8,11-12,19H2,1-3H3. The molecule has 1 aliphatic heterocycles. The first-order chi connectivity index (χ1) is 11.0. The molecule has 23 heavy (non-hydrogen) atoms. The third-order valence-electron chi connectivity index (χ3n) is 4.84. The first kappa shape index (κ1) is 17.5. The van der Waals surface area contributed by atoms with Gasteiger partial charge in [-0.15, -0.1) is 0 Å². The molecule has 0 spiro atoms. The molecular formula is C18H27N3O2. The van der Waals surface area contributed by atoms with Crippen molar-refractivity contribution in [1.82, 2.24) is 4.90 Å². The quantitative estimate of drug-likeness (QED) is 0.903. The van der Waals surface area contributed by atoms with Gasteiger partial charge in [-0.05, 0) is 30.9 Å². The monoisotopic (exact) mass is 317 g/mol. The second-order valence-corrected chi connectivity index (χ2v) is 6.34. The fourth-order valence-corrected chi connectivity index (χ4v) is 2.97. The molecule has 2 rings (SSSR count). The Kier molecular flexibility index (Phi) is 5.77. The molecule has 126 valence electrons. The zero-order valence-corrected chi connectivity index (χ0v) is 14.2. The highest BCUT2D eigenvalue weighted by molar-refractivity contribution is 6.00. The average Bonchev–Trinajstić information content (AvgIpc) is 2.60. The smallest absolute Gasteiger partial charge is 0.249 e. The van der Waals surface area contributed by atoms with Crippen LogP contribution in [0.1, 0.15) is 33.1 Å². The number of nitrogens with two attached hydrogens (primary N) is 1. The fraction of sp³-hybridized carbons (Fsp3) is 0.556. The molecule has 1 aromatic carbocycles. The molecule has 1 aromatic rings. The van der Waals surface area contributed by atoms with Gasteiger partial charge in [0, 0.05) is 19.3 Å². The normalized spacial score (nSPS) is 21.0. The van der Waals surface area contributed by atoms with Crippen molar-refractivity contribution in [1.29, 1.82) is 0 Å². The van der Waals surface area contributed by atoms with Crippen molar-refractivity contribution < 1.29 is 9.59 Å². The van der Waals surface area contributed by atoms with E-state index in [0.717, 1.165) is 18.5 Å². The molecule has 3 unspecified atom stereocenters. The number of hydrogen-bond donors (Lipinski definition) is 1. The molecule has 0 radical (unpaired) electrons. The lowest BCUT2D eigenvalue weighted by Crippen LogP contribution is -2.56. The number of anilines is 1. The van der Waals surface area contributed by atoms with Gasteiger partial charge in [-0.1, -0.05) is 38.5 Å². The minimum absolute atomic E-state index is 0.0188. The van der Waals surface area contributed by atoms with Gasteiger partial charge >= 0.3 is 0 Å². The molecule has 1 aliphatic rings. The number of likely N-dealkylation sites (N-methyl/N-ethyl adjacent to an activating group) is 1. The predicted octanol–water partition coefficient (Wildman–Crippen LogP) is 2.01. The van der Waals surface area contributed by atoms with Crippen molar-refractivity contribution in [3.63, 3.8) is 0 Å². The Morgan fingerprint density at radius 1 is 1.39 bits per heavy atom. The zero-order valence-electron chi connectivity index (χ0n) is 14.2. The largest absolute Gasteiger partial charge is 0.332 e. The first-order valence-electron chi connectivity index (χ1n) is 8.36. The highest BCUT2D eigenvalue weighted by atomic mass is 16.2. The summed E-state index contributed by atoms with van der Waals surface area (Å²) in [4.78, 5) is 28.7. The number of rotatable bonds is 5. The molecular weight excluding hydrogens is 290 g/mol. The van der Waals surface area contributed by atoms with Gasteiger partial charge in [-0.2, -0.15) is 0 Å². The lowest BCUT2D eigenvalue weighted by molar-refractivity contribution is -0.140. The number of para-hydroxylation sites is 1. The minimum atomic E-state index is -0.551. The van der Waals surface area contributed by atoms with Crippen LogP contribution in [0.2, 0.25) is 0 Å². The SMILES string of the molecule is CCC(C)C(N)C(=O)N(C)C1CCCN(c2ccccc2)C1=O. The maximum absolute atomic E-state index is 12.8. The molecule has 2 N–H and O–H groups in total. The van der Waals surface area contributed by atoms with E-state index in [9.17, 15) is 9.59 Å². The molecule has 0 aliphatic carbocycles. The second-order valence-electron chi connectivity index (χ2n) is 6.34. The molecule has 0 aromatic heterocycles. The van der Waals surface area contributed by atoms with E-state index in [0.29, 0.717) is 13.0 Å². The third kappa shape index (κ3) is 3.72. The molecule has 3 atom stereocenters. The van der Waals surface area contributed by atoms with Crippen molar-refractivity contribution in [3.05, 3.63) is 30.3 Å². The van der Waals surface area contributed by atoms with Crippen LogP contribution >= 0.6 is 0 Å². The number of nitrogens with zero attached hydrogens (tertiary/aromatic N) is 2. The van der Waals surface area contributed by atoms with E-state index in [4.69, 9.17) is 5.73 Å². The summed E-state index contributed by atoms with van der Waals surface area (Å²) in [5.74, 6) is -0.0591. The molecule has 5 heteroatoms. The highest BCUT2D eigenvalue weighted by Gasteiger charge is 2.36. The molecule has 0 saturated carbocycles. The van der Waals surface area contributed by atoms with E-state index in [1.165, 1.54) is 0 Å². The number of piperidine rings is 1. The van der Waals surface area contributed by atoms with E-state index < -0.39 is 12.1 Å². The van der Waals surface area contributed by atoms with Crippen LogP contribution < -0.4 is 10.6 Å². The maximum atomic E-state index is 12.8. The summed E-state index contributed by atoms with van der Waals surface area (Å²) < 4.78 is 0. The van der Waals surface area contributed by atoms with Gasteiger partial charge in [0.05, 0.1) is 6.04 Å². The Balaban J connectivity index is 2.13. The van der Waals surface area contributed by atoms with Gasteiger partial charge in [-0.25, -0.2) is 0 Å². The summed E-state index contributed by atoms with van der Waals surface area (Å²) in [7, 11) is 1.70. The number of benzene rings is 1. The van der Waals surface area contributed by atoms with Crippen LogP contribution in [0.25, 0.3) is 0 Å². The summed E-state index contributed by atoms with van der Waals surface area (Å²) >= 11 is 0. The molecule has 1 heterocycles. The topological polar surface area (TPSA) is 66.6 Å². The van der Waals surface area contributed by atoms with Crippen LogP contribution in [0, 0.1) is 5.92 Å². The van der Waals surface area contributed by atoms with Gasteiger partial charge < -0.3 is 15.5 Å². The lowest BCUT2D eigenvalue weighted by atomic mass is 9.96. The maximum Gasteiger partial charge on any atom is 0.249 e. The summed E-state index contributed by atoms with van der Waals surface area (Å²) in [5.41, 5.74) is 6.94. The average molecular weight is 317 g/mol. The van der Waals surface area contributed by atoms with Gasteiger partial charge in [0.25, 0.3) is 0 Å². The Morgan fingerprint density at radius 2 is 2.04 bits per heavy atom. The number of carbonyl (C=O) groups excluding carboxylic acids is 2. The summed E-state index contributed by atoms with van der Waals surface area (Å²) in [6, 6.07) is 8.63. The predicted molar refractivity (Wildman–Crippen MR) is 92.0 cm³/mol. The third-order valence-corrected chi connectivity index (χ3v) is 4.84. The van der Waals surface area contributed by atoms with E-state index >= 15 is 0 Å². The first-order valence-corrected chi connectivity index (χ1v) is 8.36. The molecule has 2 amide bonds. The van der Waals surface area contributed by atoms with E-state index in [1.807, 2.05) is 44.2 Å². The fourth-order valence-electron chi connectivity index (χ4n) is 2.97. The van der Waals surface area contributed by atoms with Crippen LogP contribution in [-0.4, -0.2) is 42.4 Å². The molecule has 1 saturated heterocycles. The summed E-state index contributed by atoms with van der Waals surface area (Å²) in [5, 5.41) is 0. The van der Waals surface area contributed by atoms with E-state index in [1.54, 1.807) is 16.8 Å². The van der Waals surface area contributed by atoms with Gasteiger partial charge in [-0.3, -0.25) is 9.59 Å². The van der Waals surface area contributed by atoms with Crippen LogP contribution in [0.5, 0.6) is 0 Å². The van der Waals surface area contributed by atoms with E-state index in [2.05, 4.69) is 0 Å². The van der Waals surface area contributed by atoms with Crippen LogP contribution in [0.3, 0.4) is 0 Å². The molecule has 5 nitrogen and oxygen atoms in total. The van der Waals surface area contributed by atoms with Gasteiger partial charge in [0.2, 0.25) is 11.8 Å². The number of hydrogen-bond acceptors (Lipinski definition) is 3. The molecule has 1 fully saturated rings. The van der Waals surface area contributed by atoms with Gasteiger partial charge in [0.15, 0.2) is 0 Å². The van der Waals surface area contributed by atoms with Crippen molar-refractivity contribution in [3.8, 4) is 0 Å². The van der Waals surface area contributed by atoms with Crippen molar-refractivity contribution >= 4 is 17.5 Å². The Hall–Kier alpha value is -1.88. The zero-order chi connectivity index (χ0) is 17.0. The molecule has 0 bridgehead atoms. The number of carbonyl (C=O) groups is 2. The Labute approximate surface area is 138 Å². The number of amides is 2. The van der Waals surface area contributed by atoms with Gasteiger partial charge in [0.1, 0.15) is 6.04 Å². The van der Waals surface area contributed by atoms with Crippen molar-refractivity contribution in [2.45, 2.75) is 45.2 Å². The highest BCUT2D eigenvalue weighted by Crippen LogP contribution is 2.23. The van der Waals surface area contributed by atoms with Crippen LogP contribution in [-0.2, 0) is 9.59 Å². The van der Waals surface area contributed by atoms with Crippen molar-refractivity contribution in [2.24, 2.45) is 11.7 Å². The Morgan fingerprint density at radius 3 is 2.65 bits per heavy atom. The second kappa shape index (κ2) is 7.59. The van der Waals surface area contributed by atoms with Crippen LogP contribution in [0.4, 0.5) is 5.69 Å². The lowest BCUT2D eigenvalue weighted by Gasteiger charge is -2.38. The summed E-state index contributed by atoms with van der Waals surface area (Å²) in [6.45, 7) is 4.68. The van der Waals surface area contributed by atoms with Crippen molar-refractivity contribution in [2.75, 3.05) is 18.5 Å². The summed E-state index contributed by atoms with van der Waals surface area (Å²) in [6.07, 6.45) is 2.41.